The van der Waals surface area contributed by atoms with E-state index in [0.717, 1.165) is 0 Å². The molecule has 1 aromatic rings. The largest absolute Gasteiger partial charge is 0.474 e. The zero-order valence-corrected chi connectivity index (χ0v) is 4.94. The van der Waals surface area contributed by atoms with Crippen LogP contribution in [0.15, 0.2) is 10.6 Å². The van der Waals surface area contributed by atoms with Crippen molar-refractivity contribution >= 4 is 5.97 Å². The van der Waals surface area contributed by atoms with Gasteiger partial charge in [0, 0.05) is 0 Å². The molecule has 0 aliphatic rings. The summed E-state index contributed by atoms with van der Waals surface area (Å²) in [7, 11) is 0. The van der Waals surface area contributed by atoms with Gasteiger partial charge < -0.3 is 14.6 Å². The van der Waals surface area contributed by atoms with E-state index in [-0.39, 0.29) is 12.4 Å². The van der Waals surface area contributed by atoms with E-state index in [2.05, 4.69) is 9.40 Å². The number of nitrogens with zero attached hydrogens (tertiary/aromatic N) is 1. The van der Waals surface area contributed by atoms with Gasteiger partial charge in [0.15, 0.2) is 5.76 Å². The lowest BCUT2D eigenvalue weighted by molar-refractivity contribution is 0.0649. The lowest BCUT2D eigenvalue weighted by atomic mass is 10.6. The van der Waals surface area contributed by atoms with Gasteiger partial charge in [0.1, 0.15) is 6.61 Å². The van der Waals surface area contributed by atoms with E-state index in [4.69, 9.17) is 10.2 Å². The van der Waals surface area contributed by atoms with Crippen LogP contribution in [0.2, 0.25) is 0 Å². The maximum Gasteiger partial charge on any atom is 0.392 e. The van der Waals surface area contributed by atoms with Gasteiger partial charge in [0.2, 0.25) is 0 Å². The van der Waals surface area contributed by atoms with Crippen molar-refractivity contribution in [2.24, 2.45) is 0 Å². The van der Waals surface area contributed by atoms with Crippen LogP contribution in [0.3, 0.4) is 0 Å². The number of carbonyl (C=O) groups is 1. The summed E-state index contributed by atoms with van der Waals surface area (Å²) in [4.78, 5) is 13.5. The maximum atomic E-state index is 10.1. The average molecular weight is 143 g/mol. The van der Waals surface area contributed by atoms with Gasteiger partial charge >= 0.3 is 11.9 Å². The topological polar surface area (TPSA) is 83.6 Å². The minimum absolute atomic E-state index is 0.150. The number of aliphatic hydroxyl groups excluding tert-OH is 1. The third kappa shape index (κ3) is 1.14. The van der Waals surface area contributed by atoms with Crippen molar-refractivity contribution in [2.45, 2.75) is 6.61 Å². The molecule has 2 N–H and O–H groups in total. The molecule has 1 rings (SSSR count). The highest BCUT2D eigenvalue weighted by Gasteiger charge is 2.09. The van der Waals surface area contributed by atoms with Gasteiger partial charge in [-0.1, -0.05) is 0 Å². The van der Waals surface area contributed by atoms with Crippen LogP contribution in [0.4, 0.5) is 0 Å². The van der Waals surface area contributed by atoms with Gasteiger partial charge in [-0.15, -0.1) is 0 Å². The van der Waals surface area contributed by atoms with Crippen LogP contribution in [0, 0.1) is 0 Å². The van der Waals surface area contributed by atoms with Crippen LogP contribution in [0.25, 0.3) is 0 Å². The Bertz CT molecular complexity index is 242. The van der Waals surface area contributed by atoms with Crippen LogP contribution in [0.5, 0.6) is 0 Å². The van der Waals surface area contributed by atoms with Gasteiger partial charge in [0.25, 0.3) is 0 Å². The first-order valence-corrected chi connectivity index (χ1v) is 2.53. The molecule has 5 nitrogen and oxygen atoms in total. The van der Waals surface area contributed by atoms with Crippen molar-refractivity contribution in [3.05, 3.63) is 17.8 Å². The Labute approximate surface area is 55.9 Å². The quantitative estimate of drug-likeness (QED) is 0.602. The van der Waals surface area contributed by atoms with Crippen LogP contribution >= 0.6 is 0 Å². The molecule has 0 unspecified atom stereocenters. The highest BCUT2D eigenvalue weighted by molar-refractivity contribution is 5.81. The van der Waals surface area contributed by atoms with Crippen LogP contribution in [0.1, 0.15) is 16.4 Å². The molecular weight excluding hydrogens is 138 g/mol. The molecule has 0 aliphatic carbocycles. The number of aliphatic hydroxyl groups is 1. The second-order valence-corrected chi connectivity index (χ2v) is 1.59. The minimum Gasteiger partial charge on any atom is -0.474 e. The summed E-state index contributed by atoms with van der Waals surface area (Å²) < 4.78 is 4.53. The molecular formula is C5H5NO4. The Morgan fingerprint density at radius 3 is 2.80 bits per heavy atom. The summed E-state index contributed by atoms with van der Waals surface area (Å²) in [6.45, 7) is -0.333. The number of hydrogen-bond donors (Lipinski definition) is 2. The van der Waals surface area contributed by atoms with Crippen LogP contribution in [-0.2, 0) is 6.61 Å². The molecule has 0 fully saturated rings. The van der Waals surface area contributed by atoms with Crippen LogP contribution < -0.4 is 0 Å². The molecule has 0 bridgehead atoms. The van der Waals surface area contributed by atoms with E-state index in [1.54, 1.807) is 0 Å². The molecule has 10 heavy (non-hydrogen) atoms. The SMILES string of the molecule is O=C(O)c1ncc(CO)o1. The van der Waals surface area contributed by atoms with E-state index >= 15 is 0 Å². The van der Waals surface area contributed by atoms with Crippen molar-refractivity contribution in [3.63, 3.8) is 0 Å². The highest BCUT2D eigenvalue weighted by Crippen LogP contribution is 2.01. The van der Waals surface area contributed by atoms with E-state index in [1.165, 1.54) is 6.20 Å². The Kier molecular flexibility index (Phi) is 1.68. The van der Waals surface area contributed by atoms with Crippen molar-refractivity contribution < 1.29 is 19.4 Å². The number of rotatable bonds is 2. The number of oxazole rings is 1. The summed E-state index contributed by atoms with van der Waals surface area (Å²) in [6.07, 6.45) is 1.17. The molecule has 54 valence electrons. The molecule has 0 amide bonds. The maximum absolute atomic E-state index is 10.1. The Balaban J connectivity index is 2.88. The third-order valence-corrected chi connectivity index (χ3v) is 0.892. The van der Waals surface area contributed by atoms with Gasteiger partial charge in [-0.2, -0.15) is 0 Å². The van der Waals surface area contributed by atoms with E-state index < -0.39 is 11.9 Å². The van der Waals surface area contributed by atoms with Gasteiger partial charge in [-0.05, 0) is 0 Å². The van der Waals surface area contributed by atoms with E-state index in [0.29, 0.717) is 0 Å². The van der Waals surface area contributed by atoms with Crippen LogP contribution in [-0.4, -0.2) is 21.2 Å². The summed E-state index contributed by atoms with van der Waals surface area (Å²) >= 11 is 0. The second-order valence-electron chi connectivity index (χ2n) is 1.59. The average Bonchev–Trinajstić information content (AvgIpc) is 2.34. The zero-order valence-electron chi connectivity index (χ0n) is 4.94. The lowest BCUT2D eigenvalue weighted by Crippen LogP contribution is -1.94. The smallest absolute Gasteiger partial charge is 0.392 e. The first kappa shape index (κ1) is 6.76. The van der Waals surface area contributed by atoms with Crippen molar-refractivity contribution in [2.75, 3.05) is 0 Å². The highest BCUT2D eigenvalue weighted by atomic mass is 16.4. The summed E-state index contributed by atoms with van der Waals surface area (Å²) in [6, 6.07) is 0. The minimum atomic E-state index is -1.24. The molecule has 1 aromatic heterocycles. The van der Waals surface area contributed by atoms with Gasteiger partial charge in [-0.3, -0.25) is 0 Å². The third-order valence-electron chi connectivity index (χ3n) is 0.892. The molecule has 5 heteroatoms. The molecule has 0 saturated carbocycles. The van der Waals surface area contributed by atoms with Crippen molar-refractivity contribution in [1.82, 2.24) is 4.98 Å². The fourth-order valence-corrected chi connectivity index (χ4v) is 0.479. The number of aromatic nitrogens is 1. The standard InChI is InChI=1S/C5H5NO4/c7-2-3-1-6-4(10-3)5(8)9/h1,7H,2H2,(H,8,9). The Morgan fingerprint density at radius 1 is 1.80 bits per heavy atom. The number of hydrogen-bond acceptors (Lipinski definition) is 4. The number of carboxylic acid groups (broad SMARTS) is 1. The fraction of sp³-hybridized carbons (Fsp3) is 0.200. The number of carboxylic acids is 1. The van der Waals surface area contributed by atoms with E-state index in [9.17, 15) is 4.79 Å². The first-order valence-electron chi connectivity index (χ1n) is 2.53. The predicted molar refractivity (Wildman–Crippen MR) is 29.4 cm³/mol. The lowest BCUT2D eigenvalue weighted by Gasteiger charge is -1.83. The van der Waals surface area contributed by atoms with Crippen molar-refractivity contribution in [3.8, 4) is 0 Å². The molecule has 0 aliphatic heterocycles. The number of aromatic carboxylic acids is 1. The molecule has 0 aromatic carbocycles. The second kappa shape index (κ2) is 2.49. The Morgan fingerprint density at radius 2 is 2.50 bits per heavy atom. The zero-order chi connectivity index (χ0) is 7.56. The van der Waals surface area contributed by atoms with Gasteiger partial charge in [0.05, 0.1) is 6.20 Å². The predicted octanol–water partition coefficient (Wildman–Crippen LogP) is -0.135. The summed E-state index contributed by atoms with van der Waals surface area (Å²) in [5.74, 6) is -1.49. The summed E-state index contributed by atoms with van der Waals surface area (Å²) in [5, 5.41) is 16.7. The molecule has 0 atom stereocenters. The molecule has 0 spiro atoms. The normalized spacial score (nSPS) is 9.70. The van der Waals surface area contributed by atoms with Crippen molar-refractivity contribution in [1.29, 1.82) is 0 Å². The fourth-order valence-electron chi connectivity index (χ4n) is 0.479. The molecule has 0 radical (unpaired) electrons. The molecule has 1 heterocycles. The van der Waals surface area contributed by atoms with Gasteiger partial charge in [-0.25, -0.2) is 9.78 Å². The Hall–Kier alpha value is -1.36. The molecule has 0 saturated heterocycles. The first-order chi connectivity index (χ1) is 4.74. The van der Waals surface area contributed by atoms with E-state index in [1.807, 2.05) is 0 Å². The summed E-state index contributed by atoms with van der Waals surface area (Å²) in [5.41, 5.74) is 0. The monoisotopic (exact) mass is 143 g/mol.